The zero-order valence-electron chi connectivity index (χ0n) is 16.0. The van der Waals surface area contributed by atoms with Crippen molar-refractivity contribution in [3.05, 3.63) is 36.4 Å². The maximum atomic E-state index is 12.9. The number of anilines is 1. The number of likely N-dealkylation sites (tertiary alicyclic amines) is 1. The Bertz CT molecular complexity index is 955. The summed E-state index contributed by atoms with van der Waals surface area (Å²) in [4.78, 5) is 14.3. The average Bonchev–Trinajstić information content (AvgIpc) is 2.85. The second-order valence-corrected chi connectivity index (χ2v) is 7.43. The quantitative estimate of drug-likeness (QED) is 0.743. The van der Waals surface area contributed by atoms with Crippen LogP contribution in [0.1, 0.15) is 32.6 Å². The molecule has 4 rings (SSSR count). The molecular weight excluding hydrogens is 340 g/mol. The first-order valence-corrected chi connectivity index (χ1v) is 9.82. The summed E-state index contributed by atoms with van der Waals surface area (Å²) >= 11 is 0. The van der Waals surface area contributed by atoms with Gasteiger partial charge >= 0.3 is 0 Å². The van der Waals surface area contributed by atoms with Gasteiger partial charge in [0.2, 0.25) is 0 Å². The van der Waals surface area contributed by atoms with E-state index in [1.165, 1.54) is 30.6 Å². The molecule has 1 aromatic heterocycles. The smallest absolute Gasteiger partial charge is 0.282 e. The van der Waals surface area contributed by atoms with E-state index in [0.29, 0.717) is 11.4 Å². The molecule has 0 radical (unpaired) electrons. The number of rotatable bonds is 4. The van der Waals surface area contributed by atoms with E-state index in [0.717, 1.165) is 35.0 Å². The second-order valence-electron chi connectivity index (χ2n) is 7.43. The number of hydrogen-bond donors (Lipinski definition) is 2. The highest BCUT2D eigenvalue weighted by molar-refractivity contribution is 6.08. The SMILES string of the molecule is COc1cc2c(cc1NC(=O)[C@@H](C)[NH+]1CCCCCC1)oc1ccccc12. The second kappa shape index (κ2) is 7.61. The highest BCUT2D eigenvalue weighted by Crippen LogP contribution is 2.36. The molecule has 1 aliphatic rings. The predicted molar refractivity (Wildman–Crippen MR) is 108 cm³/mol. The minimum atomic E-state index is -0.0841. The fourth-order valence-electron chi connectivity index (χ4n) is 4.06. The molecule has 1 aliphatic heterocycles. The van der Waals surface area contributed by atoms with E-state index in [1.54, 1.807) is 7.11 Å². The molecule has 1 atom stereocenters. The lowest BCUT2D eigenvalue weighted by molar-refractivity contribution is -0.913. The van der Waals surface area contributed by atoms with Gasteiger partial charge in [-0.25, -0.2) is 0 Å². The Morgan fingerprint density at radius 3 is 2.56 bits per heavy atom. The van der Waals surface area contributed by atoms with Crippen molar-refractivity contribution >= 4 is 33.5 Å². The number of carbonyl (C=O) groups excluding carboxylic acids is 1. The van der Waals surface area contributed by atoms with E-state index in [2.05, 4.69) is 5.32 Å². The van der Waals surface area contributed by atoms with Gasteiger partial charge in [-0.05, 0) is 44.7 Å². The number of fused-ring (bicyclic) bond motifs is 3. The van der Waals surface area contributed by atoms with Gasteiger partial charge < -0.3 is 19.4 Å². The number of benzene rings is 2. The first kappa shape index (κ1) is 17.9. The van der Waals surface area contributed by atoms with Gasteiger partial charge in [-0.1, -0.05) is 18.2 Å². The molecule has 2 N–H and O–H groups in total. The molecule has 1 fully saturated rings. The maximum absolute atomic E-state index is 12.9. The summed E-state index contributed by atoms with van der Waals surface area (Å²) in [5.74, 6) is 0.682. The molecule has 0 aliphatic carbocycles. The van der Waals surface area contributed by atoms with Crippen molar-refractivity contribution in [2.75, 3.05) is 25.5 Å². The molecule has 0 saturated carbocycles. The van der Waals surface area contributed by atoms with Crippen LogP contribution >= 0.6 is 0 Å². The first-order valence-electron chi connectivity index (χ1n) is 9.82. The van der Waals surface area contributed by atoms with Gasteiger partial charge in [0.1, 0.15) is 16.9 Å². The molecule has 5 heteroatoms. The van der Waals surface area contributed by atoms with Gasteiger partial charge in [0.25, 0.3) is 5.91 Å². The molecule has 3 aromatic rings. The molecule has 2 aromatic carbocycles. The van der Waals surface area contributed by atoms with E-state index in [1.807, 2.05) is 43.3 Å². The lowest BCUT2D eigenvalue weighted by Gasteiger charge is -2.24. The Kier molecular flexibility index (Phi) is 5.03. The molecule has 27 heavy (non-hydrogen) atoms. The first-order chi connectivity index (χ1) is 13.2. The number of furan rings is 1. The third-order valence-corrected chi connectivity index (χ3v) is 5.71. The van der Waals surface area contributed by atoms with Crippen LogP contribution in [-0.4, -0.2) is 32.1 Å². The van der Waals surface area contributed by atoms with E-state index in [-0.39, 0.29) is 11.9 Å². The number of hydrogen-bond acceptors (Lipinski definition) is 3. The van der Waals surface area contributed by atoms with E-state index in [4.69, 9.17) is 9.15 Å². The zero-order valence-corrected chi connectivity index (χ0v) is 16.0. The monoisotopic (exact) mass is 367 g/mol. The van der Waals surface area contributed by atoms with Crippen LogP contribution in [0.3, 0.4) is 0 Å². The lowest BCUT2D eigenvalue weighted by atomic mass is 10.1. The molecule has 0 unspecified atom stereocenters. The van der Waals surface area contributed by atoms with Gasteiger partial charge in [-0.2, -0.15) is 0 Å². The van der Waals surface area contributed by atoms with Gasteiger partial charge in [0.05, 0.1) is 25.9 Å². The van der Waals surface area contributed by atoms with Gasteiger partial charge in [-0.15, -0.1) is 0 Å². The largest absolute Gasteiger partial charge is 0.495 e. The third kappa shape index (κ3) is 3.52. The maximum Gasteiger partial charge on any atom is 0.282 e. The number of amides is 1. The molecule has 5 nitrogen and oxygen atoms in total. The van der Waals surface area contributed by atoms with Crippen LogP contribution in [0.15, 0.2) is 40.8 Å². The number of carbonyl (C=O) groups is 1. The number of ether oxygens (including phenoxy) is 1. The van der Waals surface area contributed by atoms with Crippen molar-refractivity contribution in [3.63, 3.8) is 0 Å². The summed E-state index contributed by atoms with van der Waals surface area (Å²) in [6, 6.07) is 11.7. The van der Waals surface area contributed by atoms with E-state index < -0.39 is 0 Å². The van der Waals surface area contributed by atoms with Gasteiger partial charge in [0.15, 0.2) is 6.04 Å². The minimum Gasteiger partial charge on any atom is -0.495 e. The van der Waals surface area contributed by atoms with Crippen LogP contribution < -0.4 is 15.0 Å². The van der Waals surface area contributed by atoms with Gasteiger partial charge in [-0.3, -0.25) is 4.79 Å². The van der Waals surface area contributed by atoms with Crippen molar-refractivity contribution in [2.24, 2.45) is 0 Å². The summed E-state index contributed by atoms with van der Waals surface area (Å²) in [5.41, 5.74) is 2.25. The van der Waals surface area contributed by atoms with Crippen LogP contribution in [0.2, 0.25) is 0 Å². The molecular formula is C22H27N2O3+. The van der Waals surface area contributed by atoms with Crippen molar-refractivity contribution in [1.82, 2.24) is 0 Å². The Morgan fingerprint density at radius 1 is 1.07 bits per heavy atom. The van der Waals surface area contributed by atoms with E-state index >= 15 is 0 Å². The summed E-state index contributed by atoms with van der Waals surface area (Å²) < 4.78 is 11.5. The fraction of sp³-hybridized carbons (Fsp3) is 0.409. The number of methoxy groups -OCH3 is 1. The third-order valence-electron chi connectivity index (χ3n) is 5.71. The summed E-state index contributed by atoms with van der Waals surface area (Å²) in [5, 5.41) is 5.11. The average molecular weight is 367 g/mol. The highest BCUT2D eigenvalue weighted by atomic mass is 16.5. The Hall–Kier alpha value is -2.53. The predicted octanol–water partition coefficient (Wildman–Crippen LogP) is 3.38. The van der Waals surface area contributed by atoms with Crippen molar-refractivity contribution in [3.8, 4) is 5.75 Å². The van der Waals surface area contributed by atoms with Crippen LogP contribution in [-0.2, 0) is 4.79 Å². The number of para-hydroxylation sites is 1. The molecule has 0 spiro atoms. The molecule has 0 bridgehead atoms. The topological polar surface area (TPSA) is 55.9 Å². The Morgan fingerprint density at radius 2 is 1.81 bits per heavy atom. The Balaban J connectivity index is 1.62. The summed E-state index contributed by atoms with van der Waals surface area (Å²) in [7, 11) is 1.63. The zero-order chi connectivity index (χ0) is 18.8. The van der Waals surface area contributed by atoms with Crippen molar-refractivity contribution in [2.45, 2.75) is 38.6 Å². The van der Waals surface area contributed by atoms with Crippen molar-refractivity contribution < 1.29 is 18.8 Å². The highest BCUT2D eigenvalue weighted by Gasteiger charge is 2.26. The van der Waals surface area contributed by atoms with Crippen LogP contribution in [0.4, 0.5) is 5.69 Å². The summed E-state index contributed by atoms with van der Waals surface area (Å²) in [6.45, 7) is 4.14. The number of nitrogens with one attached hydrogen (secondary N) is 2. The fourth-order valence-corrected chi connectivity index (χ4v) is 4.06. The van der Waals surface area contributed by atoms with Crippen molar-refractivity contribution in [1.29, 1.82) is 0 Å². The van der Waals surface area contributed by atoms with Crippen LogP contribution in [0, 0.1) is 0 Å². The normalized spacial score (nSPS) is 17.0. The van der Waals surface area contributed by atoms with E-state index in [9.17, 15) is 4.79 Å². The molecule has 2 heterocycles. The molecule has 1 amide bonds. The van der Waals surface area contributed by atoms with Crippen LogP contribution in [0.25, 0.3) is 21.9 Å². The summed E-state index contributed by atoms with van der Waals surface area (Å²) in [6.07, 6.45) is 4.94. The standard InChI is InChI=1S/C22H26N2O3/c1-15(24-11-7-3-4-8-12-24)22(25)23-18-14-20-17(13-21(18)26-2)16-9-5-6-10-19(16)27-20/h5-6,9-10,13-15H,3-4,7-8,11-12H2,1-2H3,(H,23,25)/p+1/t15-/m1/s1. The van der Waals surface area contributed by atoms with Gasteiger partial charge in [0, 0.05) is 16.8 Å². The lowest BCUT2D eigenvalue weighted by Crippen LogP contribution is -3.16. The Labute approximate surface area is 159 Å². The molecule has 142 valence electrons. The van der Waals surface area contributed by atoms with Crippen LogP contribution in [0.5, 0.6) is 5.75 Å². The molecule has 1 saturated heterocycles. The minimum absolute atomic E-state index is 0.0284. The number of quaternary nitrogens is 1.